The average molecular weight is 282 g/mol. The minimum Gasteiger partial charge on any atom is -0.314 e. The first kappa shape index (κ1) is 14.5. The Morgan fingerprint density at radius 3 is 2.68 bits per heavy atom. The van der Waals surface area contributed by atoms with Gasteiger partial charge in [0.15, 0.2) is 9.84 Å². The zero-order valence-corrected chi connectivity index (χ0v) is 12.2. The fraction of sp³-hybridized carbons (Fsp3) is 0.571. The van der Waals surface area contributed by atoms with E-state index in [0.717, 1.165) is 51.1 Å². The van der Waals surface area contributed by atoms with Gasteiger partial charge in [-0.25, -0.2) is 8.42 Å². The van der Waals surface area contributed by atoms with Gasteiger partial charge in [0.2, 0.25) is 0 Å². The van der Waals surface area contributed by atoms with Crippen molar-refractivity contribution in [2.24, 2.45) is 0 Å². The van der Waals surface area contributed by atoms with Crippen LogP contribution in [0.2, 0.25) is 0 Å². The van der Waals surface area contributed by atoms with Crippen LogP contribution >= 0.6 is 0 Å². The Bertz CT molecular complexity index is 508. The van der Waals surface area contributed by atoms with Crippen LogP contribution in [0.5, 0.6) is 0 Å². The first-order valence-corrected chi connectivity index (χ1v) is 8.67. The predicted octanol–water partition coefficient (Wildman–Crippen LogP) is 0.928. The first-order valence-electron chi connectivity index (χ1n) is 6.78. The first-order chi connectivity index (χ1) is 9.05. The zero-order valence-electron chi connectivity index (χ0n) is 11.4. The Kier molecular flexibility index (Phi) is 4.96. The summed E-state index contributed by atoms with van der Waals surface area (Å²) in [5.41, 5.74) is 1.11. The third-order valence-electron chi connectivity index (χ3n) is 3.48. The van der Waals surface area contributed by atoms with Crippen molar-refractivity contribution >= 4 is 9.84 Å². The Morgan fingerprint density at radius 2 is 2.00 bits per heavy atom. The maximum atomic E-state index is 11.5. The summed E-state index contributed by atoms with van der Waals surface area (Å²) in [6, 6.07) is 7.30. The van der Waals surface area contributed by atoms with Crippen LogP contribution in [0.25, 0.3) is 0 Å². The highest BCUT2D eigenvalue weighted by Gasteiger charge is 2.10. The second-order valence-corrected chi connectivity index (χ2v) is 7.13. The number of nitrogens with zero attached hydrogens (tertiary/aromatic N) is 1. The molecule has 0 saturated carbocycles. The number of piperazine rings is 1. The molecular weight excluding hydrogens is 260 g/mol. The van der Waals surface area contributed by atoms with Gasteiger partial charge >= 0.3 is 0 Å². The maximum absolute atomic E-state index is 11.5. The van der Waals surface area contributed by atoms with Gasteiger partial charge < -0.3 is 10.2 Å². The molecule has 0 aromatic heterocycles. The molecule has 1 N–H and O–H groups in total. The SMILES string of the molecule is CS(=O)(=O)c1cccc(CCCN2CCNCC2)c1. The fourth-order valence-corrected chi connectivity index (χ4v) is 3.06. The van der Waals surface area contributed by atoms with E-state index in [9.17, 15) is 8.42 Å². The van der Waals surface area contributed by atoms with Gasteiger partial charge in [0.1, 0.15) is 0 Å². The molecule has 4 nitrogen and oxygen atoms in total. The average Bonchev–Trinajstić information content (AvgIpc) is 2.39. The molecule has 0 amide bonds. The highest BCUT2D eigenvalue weighted by Crippen LogP contribution is 2.13. The highest BCUT2D eigenvalue weighted by molar-refractivity contribution is 7.90. The van der Waals surface area contributed by atoms with Crippen molar-refractivity contribution in [3.05, 3.63) is 29.8 Å². The number of sulfone groups is 1. The zero-order chi connectivity index (χ0) is 13.7. The van der Waals surface area contributed by atoms with Crippen LogP contribution in [0, 0.1) is 0 Å². The van der Waals surface area contributed by atoms with Gasteiger partial charge in [0.25, 0.3) is 0 Å². The molecule has 0 spiro atoms. The second-order valence-electron chi connectivity index (χ2n) is 5.11. The number of benzene rings is 1. The lowest BCUT2D eigenvalue weighted by atomic mass is 10.1. The Morgan fingerprint density at radius 1 is 1.26 bits per heavy atom. The Hall–Kier alpha value is -0.910. The summed E-state index contributed by atoms with van der Waals surface area (Å²) in [7, 11) is -3.09. The van der Waals surface area contributed by atoms with Crippen molar-refractivity contribution < 1.29 is 8.42 Å². The maximum Gasteiger partial charge on any atom is 0.175 e. The smallest absolute Gasteiger partial charge is 0.175 e. The van der Waals surface area contributed by atoms with Crippen LogP contribution in [0.4, 0.5) is 0 Å². The summed E-state index contributed by atoms with van der Waals surface area (Å²) < 4.78 is 23.0. The summed E-state index contributed by atoms with van der Waals surface area (Å²) in [5.74, 6) is 0. The van der Waals surface area contributed by atoms with Crippen LogP contribution < -0.4 is 5.32 Å². The largest absolute Gasteiger partial charge is 0.314 e. The van der Waals surface area contributed by atoms with Crippen LogP contribution in [0.15, 0.2) is 29.2 Å². The molecule has 0 unspecified atom stereocenters. The van der Waals surface area contributed by atoms with Gasteiger partial charge in [-0.3, -0.25) is 0 Å². The van der Waals surface area contributed by atoms with Crippen molar-refractivity contribution in [1.82, 2.24) is 10.2 Å². The van der Waals surface area contributed by atoms with Gasteiger partial charge in [-0.05, 0) is 37.1 Å². The molecule has 2 rings (SSSR count). The van der Waals surface area contributed by atoms with Crippen LogP contribution in [0.3, 0.4) is 0 Å². The minimum atomic E-state index is -3.09. The molecule has 1 saturated heterocycles. The monoisotopic (exact) mass is 282 g/mol. The van der Waals surface area contributed by atoms with Gasteiger partial charge in [0.05, 0.1) is 4.90 Å². The van der Waals surface area contributed by atoms with Gasteiger partial charge in [-0.2, -0.15) is 0 Å². The molecule has 0 atom stereocenters. The van der Waals surface area contributed by atoms with Gasteiger partial charge in [-0.15, -0.1) is 0 Å². The topological polar surface area (TPSA) is 49.4 Å². The Balaban J connectivity index is 1.85. The lowest BCUT2D eigenvalue weighted by Gasteiger charge is -2.27. The molecule has 1 aliphatic heterocycles. The molecule has 1 aromatic carbocycles. The van der Waals surface area contributed by atoms with Crippen molar-refractivity contribution in [1.29, 1.82) is 0 Å². The molecule has 1 heterocycles. The van der Waals surface area contributed by atoms with E-state index in [0.29, 0.717) is 4.90 Å². The van der Waals surface area contributed by atoms with Crippen molar-refractivity contribution in [2.45, 2.75) is 17.7 Å². The summed E-state index contributed by atoms with van der Waals surface area (Å²) in [6.07, 6.45) is 3.27. The molecule has 0 radical (unpaired) electrons. The molecule has 0 aliphatic carbocycles. The normalized spacial score (nSPS) is 17.5. The third-order valence-corrected chi connectivity index (χ3v) is 4.59. The molecule has 1 aromatic rings. The van der Waals surface area contributed by atoms with Crippen molar-refractivity contribution in [3.8, 4) is 0 Å². The van der Waals surface area contributed by atoms with E-state index >= 15 is 0 Å². The summed E-state index contributed by atoms with van der Waals surface area (Å²) in [4.78, 5) is 2.88. The molecule has 106 valence electrons. The van der Waals surface area contributed by atoms with E-state index in [1.165, 1.54) is 6.26 Å². The Labute approximate surface area is 115 Å². The van der Waals surface area contributed by atoms with Crippen molar-refractivity contribution in [3.63, 3.8) is 0 Å². The number of nitrogens with one attached hydrogen (secondary N) is 1. The quantitative estimate of drug-likeness (QED) is 0.873. The number of aryl methyl sites for hydroxylation is 1. The second kappa shape index (κ2) is 6.50. The third kappa shape index (κ3) is 4.60. The minimum absolute atomic E-state index is 0.423. The van der Waals surface area contributed by atoms with Gasteiger partial charge in [0, 0.05) is 32.4 Å². The summed E-state index contributed by atoms with van der Waals surface area (Å²) in [6.45, 7) is 5.46. The van der Waals surface area contributed by atoms with E-state index in [1.807, 2.05) is 12.1 Å². The van der Waals surface area contributed by atoms with E-state index in [4.69, 9.17) is 0 Å². The fourth-order valence-electron chi connectivity index (χ4n) is 2.37. The number of rotatable bonds is 5. The van der Waals surface area contributed by atoms with E-state index < -0.39 is 9.84 Å². The summed E-state index contributed by atoms with van der Waals surface area (Å²) in [5, 5.41) is 3.34. The molecule has 5 heteroatoms. The van der Waals surface area contributed by atoms with E-state index in [-0.39, 0.29) is 0 Å². The standard InChI is InChI=1S/C14H22N2O2S/c1-19(17,18)14-6-2-4-13(12-14)5-3-9-16-10-7-15-8-11-16/h2,4,6,12,15H,3,5,7-11H2,1H3. The van der Waals surface area contributed by atoms with E-state index in [1.54, 1.807) is 12.1 Å². The van der Waals surface area contributed by atoms with Crippen LogP contribution in [-0.2, 0) is 16.3 Å². The lowest BCUT2D eigenvalue weighted by Crippen LogP contribution is -2.43. The molecule has 0 bridgehead atoms. The van der Waals surface area contributed by atoms with Crippen molar-refractivity contribution in [2.75, 3.05) is 39.0 Å². The molecule has 19 heavy (non-hydrogen) atoms. The lowest BCUT2D eigenvalue weighted by molar-refractivity contribution is 0.238. The molecule has 1 aliphatic rings. The number of hydrogen-bond acceptors (Lipinski definition) is 4. The molecular formula is C14H22N2O2S. The molecule has 1 fully saturated rings. The van der Waals surface area contributed by atoms with Gasteiger partial charge in [-0.1, -0.05) is 12.1 Å². The summed E-state index contributed by atoms with van der Waals surface area (Å²) >= 11 is 0. The van der Waals surface area contributed by atoms with Crippen LogP contribution in [0.1, 0.15) is 12.0 Å². The van der Waals surface area contributed by atoms with E-state index in [2.05, 4.69) is 10.2 Å². The number of hydrogen-bond donors (Lipinski definition) is 1. The highest BCUT2D eigenvalue weighted by atomic mass is 32.2. The van der Waals surface area contributed by atoms with Crippen LogP contribution in [-0.4, -0.2) is 52.3 Å². The predicted molar refractivity (Wildman–Crippen MR) is 77.2 cm³/mol.